The highest BCUT2D eigenvalue weighted by atomic mass is 16.4. The van der Waals surface area contributed by atoms with E-state index in [-0.39, 0.29) is 11.9 Å². The number of aryl methyl sites for hydroxylation is 1. The van der Waals surface area contributed by atoms with Crippen LogP contribution >= 0.6 is 0 Å². The molecule has 1 aromatic heterocycles. The Bertz CT molecular complexity index is 678. The molecule has 1 aliphatic carbocycles. The van der Waals surface area contributed by atoms with Gasteiger partial charge in [0.25, 0.3) is 5.91 Å². The van der Waals surface area contributed by atoms with Crippen LogP contribution in [0.25, 0.3) is 0 Å². The first-order chi connectivity index (χ1) is 11.2. The third-order valence-electron chi connectivity index (χ3n) is 4.56. The number of carbonyl (C=O) groups is 1. The molecule has 1 aromatic carbocycles. The summed E-state index contributed by atoms with van der Waals surface area (Å²) in [6, 6.07) is 12.3. The Kier molecular flexibility index (Phi) is 4.82. The summed E-state index contributed by atoms with van der Waals surface area (Å²) in [6.07, 6.45) is 3.90. The highest BCUT2D eigenvalue weighted by molar-refractivity contribution is 5.91. The lowest BCUT2D eigenvalue weighted by atomic mass is 9.87. The molecule has 1 heterocycles. The van der Waals surface area contributed by atoms with Gasteiger partial charge in [0.1, 0.15) is 5.76 Å². The summed E-state index contributed by atoms with van der Waals surface area (Å²) in [7, 11) is 0. The number of amides is 1. The van der Waals surface area contributed by atoms with Gasteiger partial charge in [-0.05, 0) is 48.9 Å². The van der Waals surface area contributed by atoms with Crippen LogP contribution in [-0.2, 0) is 19.4 Å². The number of nitrogens with two attached hydrogens (primary N) is 1. The van der Waals surface area contributed by atoms with Crippen LogP contribution in [0.2, 0.25) is 0 Å². The molecule has 3 rings (SSSR count). The Morgan fingerprint density at radius 1 is 1.26 bits per heavy atom. The van der Waals surface area contributed by atoms with Crippen LogP contribution in [0.15, 0.2) is 40.8 Å². The van der Waals surface area contributed by atoms with E-state index >= 15 is 0 Å². The fraction of sp³-hybridized carbons (Fsp3) is 0.421. The van der Waals surface area contributed by atoms with Crippen LogP contribution in [0, 0.1) is 0 Å². The lowest BCUT2D eigenvalue weighted by molar-refractivity contribution is 0.0627. The van der Waals surface area contributed by atoms with Gasteiger partial charge in [0, 0.05) is 12.6 Å². The van der Waals surface area contributed by atoms with Crippen LogP contribution in [0.4, 0.5) is 0 Å². The summed E-state index contributed by atoms with van der Waals surface area (Å²) in [6.45, 7) is 3.17. The lowest BCUT2D eigenvalue weighted by Crippen LogP contribution is -2.43. The molecule has 0 fully saturated rings. The maximum atomic E-state index is 12.9. The first kappa shape index (κ1) is 15.8. The molecule has 122 valence electrons. The predicted molar refractivity (Wildman–Crippen MR) is 90.2 cm³/mol. The van der Waals surface area contributed by atoms with Crippen molar-refractivity contribution in [3.63, 3.8) is 0 Å². The minimum atomic E-state index is -0.0177. The molecule has 1 atom stereocenters. The lowest BCUT2D eigenvalue weighted by Gasteiger charge is -2.34. The average Bonchev–Trinajstić information content (AvgIpc) is 3.08. The molecule has 0 radical (unpaired) electrons. The van der Waals surface area contributed by atoms with Gasteiger partial charge in [-0.2, -0.15) is 0 Å². The molecular formula is C19H24N2O2. The van der Waals surface area contributed by atoms with Gasteiger partial charge in [-0.1, -0.05) is 31.2 Å². The number of carbonyl (C=O) groups excluding carboxylic acids is 1. The first-order valence-electron chi connectivity index (χ1n) is 8.39. The van der Waals surface area contributed by atoms with Crippen molar-refractivity contribution in [1.29, 1.82) is 0 Å². The molecule has 0 spiro atoms. The second kappa shape index (κ2) is 7.01. The summed E-state index contributed by atoms with van der Waals surface area (Å²) in [5.74, 6) is 1.03. The minimum absolute atomic E-state index is 0.0177. The summed E-state index contributed by atoms with van der Waals surface area (Å²) in [5.41, 5.74) is 8.35. The van der Waals surface area contributed by atoms with Crippen molar-refractivity contribution in [2.45, 2.75) is 45.2 Å². The monoisotopic (exact) mass is 312 g/mol. The zero-order chi connectivity index (χ0) is 16.2. The van der Waals surface area contributed by atoms with E-state index in [1.165, 1.54) is 11.1 Å². The van der Waals surface area contributed by atoms with Crippen molar-refractivity contribution in [3.05, 3.63) is 59.0 Å². The molecule has 1 amide bonds. The van der Waals surface area contributed by atoms with Gasteiger partial charge in [0.15, 0.2) is 5.76 Å². The number of hydrogen-bond acceptors (Lipinski definition) is 3. The Morgan fingerprint density at radius 2 is 2.04 bits per heavy atom. The van der Waals surface area contributed by atoms with Crippen LogP contribution < -0.4 is 5.73 Å². The zero-order valence-electron chi connectivity index (χ0n) is 13.6. The topological polar surface area (TPSA) is 59.5 Å². The smallest absolute Gasteiger partial charge is 0.289 e. The highest BCUT2D eigenvalue weighted by Gasteiger charge is 2.29. The van der Waals surface area contributed by atoms with Gasteiger partial charge in [-0.3, -0.25) is 4.79 Å². The number of fused-ring (bicyclic) bond motifs is 1. The largest absolute Gasteiger partial charge is 0.455 e. The predicted octanol–water partition coefficient (Wildman–Crippen LogP) is 3.15. The maximum Gasteiger partial charge on any atom is 0.289 e. The number of hydrogen-bond donors (Lipinski definition) is 1. The van der Waals surface area contributed by atoms with Crippen LogP contribution in [0.3, 0.4) is 0 Å². The standard InChI is InChI=1S/C19H24N2O2/c1-2-11-21(19(22)18-10-9-17(13-20)23-18)16-8-7-14-5-3-4-6-15(14)12-16/h3-6,9-10,16H,2,7-8,11-13,20H2,1H3. The fourth-order valence-corrected chi connectivity index (χ4v) is 3.38. The van der Waals surface area contributed by atoms with Crippen molar-refractivity contribution in [2.75, 3.05) is 6.54 Å². The van der Waals surface area contributed by atoms with Gasteiger partial charge in [-0.25, -0.2) is 0 Å². The van der Waals surface area contributed by atoms with Gasteiger partial charge >= 0.3 is 0 Å². The van der Waals surface area contributed by atoms with E-state index < -0.39 is 0 Å². The Hall–Kier alpha value is -2.07. The molecule has 4 heteroatoms. The van der Waals surface area contributed by atoms with E-state index in [2.05, 4.69) is 31.2 Å². The van der Waals surface area contributed by atoms with E-state index in [9.17, 15) is 4.79 Å². The third kappa shape index (κ3) is 3.32. The normalized spacial score (nSPS) is 16.9. The second-order valence-electron chi connectivity index (χ2n) is 6.13. The molecule has 2 aromatic rings. The number of nitrogens with zero attached hydrogens (tertiary/aromatic N) is 1. The molecule has 1 unspecified atom stereocenters. The van der Waals surface area contributed by atoms with Crippen molar-refractivity contribution in [1.82, 2.24) is 4.90 Å². The summed E-state index contributed by atoms with van der Waals surface area (Å²) in [4.78, 5) is 14.8. The molecule has 0 saturated heterocycles. The zero-order valence-corrected chi connectivity index (χ0v) is 13.6. The summed E-state index contributed by atoms with van der Waals surface area (Å²) in [5, 5.41) is 0. The van der Waals surface area contributed by atoms with E-state index in [0.717, 1.165) is 32.2 Å². The number of benzene rings is 1. The van der Waals surface area contributed by atoms with Crippen LogP contribution in [0.5, 0.6) is 0 Å². The molecule has 2 N–H and O–H groups in total. The van der Waals surface area contributed by atoms with Crippen molar-refractivity contribution in [2.24, 2.45) is 5.73 Å². The van der Waals surface area contributed by atoms with Gasteiger partial charge < -0.3 is 15.1 Å². The Balaban J connectivity index is 1.80. The average molecular weight is 312 g/mol. The Labute approximate surface area is 137 Å². The third-order valence-corrected chi connectivity index (χ3v) is 4.56. The minimum Gasteiger partial charge on any atom is -0.455 e. The fourth-order valence-electron chi connectivity index (χ4n) is 3.38. The van der Waals surface area contributed by atoms with Crippen molar-refractivity contribution in [3.8, 4) is 0 Å². The molecule has 23 heavy (non-hydrogen) atoms. The van der Waals surface area contributed by atoms with E-state index in [0.29, 0.717) is 18.1 Å². The highest BCUT2D eigenvalue weighted by Crippen LogP contribution is 2.26. The van der Waals surface area contributed by atoms with Crippen molar-refractivity contribution < 1.29 is 9.21 Å². The maximum absolute atomic E-state index is 12.9. The molecule has 0 aliphatic heterocycles. The molecule has 1 aliphatic rings. The SMILES string of the molecule is CCCN(C(=O)c1ccc(CN)o1)C1CCc2ccccc2C1. The van der Waals surface area contributed by atoms with Gasteiger partial charge in [0.2, 0.25) is 0 Å². The molecular weight excluding hydrogens is 288 g/mol. The number of rotatable bonds is 5. The van der Waals surface area contributed by atoms with Gasteiger partial charge in [-0.15, -0.1) is 0 Å². The van der Waals surface area contributed by atoms with E-state index in [4.69, 9.17) is 10.2 Å². The van der Waals surface area contributed by atoms with Crippen LogP contribution in [-0.4, -0.2) is 23.4 Å². The first-order valence-corrected chi connectivity index (χ1v) is 8.39. The number of furan rings is 1. The molecule has 4 nitrogen and oxygen atoms in total. The summed E-state index contributed by atoms with van der Waals surface area (Å²) < 4.78 is 5.57. The quantitative estimate of drug-likeness (QED) is 0.922. The summed E-state index contributed by atoms with van der Waals surface area (Å²) >= 11 is 0. The van der Waals surface area contributed by atoms with E-state index in [1.54, 1.807) is 12.1 Å². The second-order valence-corrected chi connectivity index (χ2v) is 6.13. The molecule has 0 saturated carbocycles. The van der Waals surface area contributed by atoms with Gasteiger partial charge in [0.05, 0.1) is 6.54 Å². The van der Waals surface area contributed by atoms with Crippen molar-refractivity contribution >= 4 is 5.91 Å². The van der Waals surface area contributed by atoms with E-state index in [1.807, 2.05) is 4.90 Å². The van der Waals surface area contributed by atoms with Crippen LogP contribution in [0.1, 0.15) is 47.2 Å². The molecule has 0 bridgehead atoms. The Morgan fingerprint density at radius 3 is 2.74 bits per heavy atom.